The highest BCUT2D eigenvalue weighted by Crippen LogP contribution is 2.22. The van der Waals surface area contributed by atoms with Crippen molar-refractivity contribution in [2.45, 2.75) is 13.0 Å². The van der Waals surface area contributed by atoms with E-state index in [1.165, 1.54) is 5.56 Å². The summed E-state index contributed by atoms with van der Waals surface area (Å²) in [6.07, 6.45) is -0.709. The Morgan fingerprint density at radius 2 is 1.89 bits per heavy atom. The highest BCUT2D eigenvalue weighted by atomic mass is 16.3. The van der Waals surface area contributed by atoms with Crippen LogP contribution >= 0.6 is 0 Å². The van der Waals surface area contributed by atoms with Crippen LogP contribution in [-0.4, -0.2) is 15.1 Å². The molecular weight excluding hydrogens is 224 g/mol. The summed E-state index contributed by atoms with van der Waals surface area (Å²) in [5.41, 5.74) is 3.85. The van der Waals surface area contributed by atoms with Crippen LogP contribution in [0.2, 0.25) is 0 Å². The van der Waals surface area contributed by atoms with Gasteiger partial charge in [-0.2, -0.15) is 0 Å². The molecule has 3 aromatic rings. The molecule has 3 heteroatoms. The first kappa shape index (κ1) is 11.0. The van der Waals surface area contributed by atoms with Crippen LogP contribution in [0.5, 0.6) is 0 Å². The fourth-order valence-corrected chi connectivity index (χ4v) is 2.07. The predicted molar refractivity (Wildman–Crippen MR) is 71.3 cm³/mol. The second kappa shape index (κ2) is 4.27. The van der Waals surface area contributed by atoms with Crippen molar-refractivity contribution in [3.8, 4) is 0 Å². The van der Waals surface area contributed by atoms with Gasteiger partial charge < -0.3 is 10.1 Å². The van der Waals surface area contributed by atoms with Gasteiger partial charge in [0.25, 0.3) is 0 Å². The summed E-state index contributed by atoms with van der Waals surface area (Å²) in [5.74, 6) is 0.585. The van der Waals surface area contributed by atoms with E-state index in [2.05, 4.69) is 9.97 Å². The Morgan fingerprint density at radius 3 is 2.67 bits per heavy atom. The number of rotatable bonds is 2. The van der Waals surface area contributed by atoms with Crippen LogP contribution in [-0.2, 0) is 0 Å². The number of imidazole rings is 1. The molecule has 90 valence electrons. The molecular formula is C15H14N2O. The van der Waals surface area contributed by atoms with Gasteiger partial charge in [0.2, 0.25) is 0 Å². The summed E-state index contributed by atoms with van der Waals surface area (Å²) < 4.78 is 0. The number of aromatic nitrogens is 2. The number of aromatic amines is 1. The van der Waals surface area contributed by atoms with E-state index >= 15 is 0 Å². The molecule has 0 saturated heterocycles. The van der Waals surface area contributed by atoms with E-state index in [4.69, 9.17) is 0 Å². The molecule has 0 bridgehead atoms. The molecule has 0 amide bonds. The van der Waals surface area contributed by atoms with E-state index in [0.29, 0.717) is 5.82 Å². The van der Waals surface area contributed by atoms with Crippen molar-refractivity contribution in [2.24, 2.45) is 0 Å². The van der Waals surface area contributed by atoms with Gasteiger partial charge in [-0.1, -0.05) is 36.4 Å². The largest absolute Gasteiger partial charge is 0.380 e. The minimum atomic E-state index is -0.709. The molecule has 18 heavy (non-hydrogen) atoms. The lowest BCUT2D eigenvalue weighted by Crippen LogP contribution is -2.01. The summed E-state index contributed by atoms with van der Waals surface area (Å²) in [5, 5.41) is 10.3. The third kappa shape index (κ3) is 1.89. The average molecular weight is 238 g/mol. The molecule has 0 aliphatic rings. The molecule has 0 unspecified atom stereocenters. The lowest BCUT2D eigenvalue weighted by molar-refractivity contribution is 0.211. The van der Waals surface area contributed by atoms with Crippen molar-refractivity contribution in [1.29, 1.82) is 0 Å². The van der Waals surface area contributed by atoms with E-state index in [1.807, 2.05) is 55.5 Å². The van der Waals surface area contributed by atoms with E-state index in [-0.39, 0.29) is 0 Å². The minimum absolute atomic E-state index is 0.585. The van der Waals surface area contributed by atoms with Gasteiger partial charge in [-0.05, 0) is 30.2 Å². The molecule has 0 aliphatic heterocycles. The van der Waals surface area contributed by atoms with Gasteiger partial charge in [-0.15, -0.1) is 0 Å². The fourth-order valence-electron chi connectivity index (χ4n) is 2.07. The van der Waals surface area contributed by atoms with Crippen molar-refractivity contribution in [1.82, 2.24) is 9.97 Å². The molecule has 0 fully saturated rings. The van der Waals surface area contributed by atoms with Crippen LogP contribution in [0.15, 0.2) is 48.5 Å². The maximum atomic E-state index is 10.3. The molecule has 1 aromatic heterocycles. The Labute approximate surface area is 105 Å². The van der Waals surface area contributed by atoms with Crippen LogP contribution in [0.4, 0.5) is 0 Å². The zero-order chi connectivity index (χ0) is 12.5. The Balaban J connectivity index is 2.04. The van der Waals surface area contributed by atoms with Gasteiger partial charge in [-0.3, -0.25) is 0 Å². The molecule has 3 rings (SSSR count). The molecule has 0 spiro atoms. The Hall–Kier alpha value is -2.13. The van der Waals surface area contributed by atoms with Crippen molar-refractivity contribution >= 4 is 11.0 Å². The predicted octanol–water partition coefficient (Wildman–Crippen LogP) is 2.95. The first-order valence-corrected chi connectivity index (χ1v) is 5.93. The zero-order valence-electron chi connectivity index (χ0n) is 10.1. The van der Waals surface area contributed by atoms with Crippen molar-refractivity contribution in [2.75, 3.05) is 0 Å². The molecule has 0 saturated carbocycles. The van der Waals surface area contributed by atoms with Gasteiger partial charge >= 0.3 is 0 Å². The number of benzene rings is 2. The highest BCUT2D eigenvalue weighted by Gasteiger charge is 2.14. The summed E-state index contributed by atoms with van der Waals surface area (Å²) in [4.78, 5) is 7.60. The summed E-state index contributed by atoms with van der Waals surface area (Å²) in [6, 6.07) is 15.5. The number of fused-ring (bicyclic) bond motifs is 1. The lowest BCUT2D eigenvalue weighted by Gasteiger charge is -2.06. The number of nitrogens with zero attached hydrogens (tertiary/aromatic N) is 1. The Morgan fingerprint density at radius 1 is 1.11 bits per heavy atom. The molecule has 1 atom stereocenters. The first-order valence-electron chi connectivity index (χ1n) is 5.93. The highest BCUT2D eigenvalue weighted by molar-refractivity contribution is 5.76. The zero-order valence-corrected chi connectivity index (χ0v) is 10.1. The van der Waals surface area contributed by atoms with E-state index in [1.54, 1.807) is 0 Å². The van der Waals surface area contributed by atoms with Crippen LogP contribution < -0.4 is 0 Å². The van der Waals surface area contributed by atoms with Gasteiger partial charge in [0.1, 0.15) is 11.9 Å². The maximum Gasteiger partial charge on any atom is 0.140 e. The number of H-pyrrole nitrogens is 1. The van der Waals surface area contributed by atoms with Crippen molar-refractivity contribution in [3.05, 3.63) is 65.5 Å². The number of hydrogen-bond acceptors (Lipinski definition) is 2. The normalized spacial score (nSPS) is 12.8. The smallest absolute Gasteiger partial charge is 0.140 e. The topological polar surface area (TPSA) is 48.9 Å². The van der Waals surface area contributed by atoms with E-state index in [0.717, 1.165) is 16.6 Å². The fraction of sp³-hybridized carbons (Fsp3) is 0.133. The third-order valence-electron chi connectivity index (χ3n) is 3.03. The van der Waals surface area contributed by atoms with Crippen LogP contribution in [0.3, 0.4) is 0 Å². The average Bonchev–Trinajstić information content (AvgIpc) is 2.81. The monoisotopic (exact) mass is 238 g/mol. The molecule has 1 heterocycles. The Kier molecular flexibility index (Phi) is 2.61. The van der Waals surface area contributed by atoms with Crippen molar-refractivity contribution in [3.63, 3.8) is 0 Å². The lowest BCUT2D eigenvalue weighted by atomic mass is 10.1. The standard InChI is InChI=1S/C15H14N2O/c1-10-7-8-12-13(9-10)17-15(16-12)14(18)11-5-3-2-4-6-11/h2-9,14,18H,1H3,(H,16,17)/t14-/m0/s1. The van der Waals surface area contributed by atoms with Crippen LogP contribution in [0, 0.1) is 6.92 Å². The number of aliphatic hydroxyl groups excluding tert-OH is 1. The molecule has 3 nitrogen and oxygen atoms in total. The second-order valence-electron chi connectivity index (χ2n) is 4.46. The third-order valence-corrected chi connectivity index (χ3v) is 3.03. The quantitative estimate of drug-likeness (QED) is 0.721. The summed E-state index contributed by atoms with van der Waals surface area (Å²) in [7, 11) is 0. The molecule has 2 N–H and O–H groups in total. The SMILES string of the molecule is Cc1ccc2nc([C@@H](O)c3ccccc3)[nH]c2c1. The number of hydrogen-bond donors (Lipinski definition) is 2. The van der Waals surface area contributed by atoms with Gasteiger partial charge in [-0.25, -0.2) is 4.98 Å². The number of nitrogens with one attached hydrogen (secondary N) is 1. The minimum Gasteiger partial charge on any atom is -0.380 e. The molecule has 2 aromatic carbocycles. The molecule has 0 radical (unpaired) electrons. The number of aliphatic hydroxyl groups is 1. The molecule has 0 aliphatic carbocycles. The summed E-state index contributed by atoms with van der Waals surface area (Å²) in [6.45, 7) is 2.04. The maximum absolute atomic E-state index is 10.3. The Bertz CT molecular complexity index is 673. The van der Waals surface area contributed by atoms with Crippen molar-refractivity contribution < 1.29 is 5.11 Å². The first-order chi connectivity index (χ1) is 8.74. The van der Waals surface area contributed by atoms with Gasteiger partial charge in [0.15, 0.2) is 0 Å². The van der Waals surface area contributed by atoms with Crippen LogP contribution in [0.1, 0.15) is 23.1 Å². The van der Waals surface area contributed by atoms with E-state index in [9.17, 15) is 5.11 Å². The van der Waals surface area contributed by atoms with Gasteiger partial charge in [0.05, 0.1) is 11.0 Å². The number of aryl methyl sites for hydroxylation is 1. The van der Waals surface area contributed by atoms with Crippen LogP contribution in [0.25, 0.3) is 11.0 Å². The van der Waals surface area contributed by atoms with E-state index < -0.39 is 6.10 Å². The summed E-state index contributed by atoms with van der Waals surface area (Å²) >= 11 is 0. The van der Waals surface area contributed by atoms with Gasteiger partial charge in [0, 0.05) is 0 Å². The second-order valence-corrected chi connectivity index (χ2v) is 4.46.